The Balaban J connectivity index is 1.56. The maximum absolute atomic E-state index is 13.3. The van der Waals surface area contributed by atoms with E-state index in [9.17, 15) is 18.0 Å². The molecule has 1 aliphatic rings. The molecule has 0 bridgehead atoms. The molecule has 0 saturated carbocycles. The van der Waals surface area contributed by atoms with Crippen molar-refractivity contribution in [3.8, 4) is 5.75 Å². The number of para-hydroxylation sites is 1. The van der Waals surface area contributed by atoms with E-state index in [-0.39, 0.29) is 34.6 Å². The minimum Gasteiger partial charge on any atom is -0.490 e. The van der Waals surface area contributed by atoms with Crippen LogP contribution in [0, 0.1) is 0 Å². The number of hydrogen-bond donors (Lipinski definition) is 2. The second kappa shape index (κ2) is 11.1. The number of esters is 1. The maximum Gasteiger partial charge on any atom is 0.341 e. The summed E-state index contributed by atoms with van der Waals surface area (Å²) in [6.07, 6.45) is 3.69. The molecule has 3 aromatic rings. The normalized spacial score (nSPS) is 12.9. The molecule has 190 valence electrons. The van der Waals surface area contributed by atoms with Crippen LogP contribution in [0.3, 0.4) is 0 Å². The van der Waals surface area contributed by atoms with Gasteiger partial charge in [-0.15, -0.1) is 11.3 Å². The Morgan fingerprint density at radius 3 is 2.50 bits per heavy atom. The number of thiophene rings is 1. The first-order valence-electron chi connectivity index (χ1n) is 11.7. The van der Waals surface area contributed by atoms with Gasteiger partial charge >= 0.3 is 5.97 Å². The van der Waals surface area contributed by atoms with Crippen molar-refractivity contribution in [2.45, 2.75) is 42.4 Å². The van der Waals surface area contributed by atoms with Gasteiger partial charge in [-0.2, -0.15) is 0 Å². The Morgan fingerprint density at radius 2 is 1.78 bits per heavy atom. The molecular formula is C26H28N2O6S2. The number of ether oxygens (including phenoxy) is 2. The quantitative estimate of drug-likeness (QED) is 0.388. The summed E-state index contributed by atoms with van der Waals surface area (Å²) in [6, 6.07) is 12.9. The predicted octanol–water partition coefficient (Wildman–Crippen LogP) is 4.70. The lowest BCUT2D eigenvalue weighted by Crippen LogP contribution is -2.23. The molecule has 0 atom stereocenters. The zero-order valence-electron chi connectivity index (χ0n) is 20.1. The van der Waals surface area contributed by atoms with Crippen molar-refractivity contribution in [2.75, 3.05) is 30.9 Å². The van der Waals surface area contributed by atoms with Crippen LogP contribution in [-0.2, 0) is 32.2 Å². The van der Waals surface area contributed by atoms with Gasteiger partial charge in [0.15, 0.2) is 5.75 Å². The molecule has 8 nitrogen and oxygen atoms in total. The number of amides is 1. The molecule has 2 aromatic carbocycles. The fraction of sp³-hybridized carbons (Fsp3) is 0.308. The summed E-state index contributed by atoms with van der Waals surface area (Å²) < 4.78 is 37.2. The number of aryl methyl sites for hydroxylation is 1. The number of sulfone groups is 1. The lowest BCUT2D eigenvalue weighted by atomic mass is 9.95. The third-order valence-electron chi connectivity index (χ3n) is 5.86. The van der Waals surface area contributed by atoms with Gasteiger partial charge in [-0.25, -0.2) is 13.2 Å². The molecule has 0 aliphatic heterocycles. The Morgan fingerprint density at radius 1 is 1.03 bits per heavy atom. The number of hydrogen-bond acceptors (Lipinski definition) is 8. The van der Waals surface area contributed by atoms with Gasteiger partial charge in [-0.3, -0.25) is 4.79 Å². The third kappa shape index (κ3) is 5.24. The SMILES string of the molecule is CCOc1c(NCC(=O)Nc2sc3c(c2C(=O)OC)CCCC3)cccc1S(=O)(=O)c1ccccc1. The molecule has 2 N–H and O–H groups in total. The maximum atomic E-state index is 13.3. The average Bonchev–Trinajstić information content (AvgIpc) is 3.25. The Bertz CT molecular complexity index is 1370. The van der Waals surface area contributed by atoms with Crippen LogP contribution >= 0.6 is 11.3 Å². The van der Waals surface area contributed by atoms with Gasteiger partial charge < -0.3 is 20.1 Å². The predicted molar refractivity (Wildman–Crippen MR) is 139 cm³/mol. The highest BCUT2D eigenvalue weighted by atomic mass is 32.2. The minimum absolute atomic E-state index is 0.0138. The fourth-order valence-electron chi connectivity index (χ4n) is 4.20. The van der Waals surface area contributed by atoms with Crippen molar-refractivity contribution in [1.29, 1.82) is 0 Å². The van der Waals surface area contributed by atoms with Crippen LogP contribution in [0.15, 0.2) is 58.3 Å². The van der Waals surface area contributed by atoms with E-state index >= 15 is 0 Å². The van der Waals surface area contributed by atoms with Crippen LogP contribution in [0.1, 0.15) is 40.6 Å². The number of carbonyl (C=O) groups excluding carboxylic acids is 2. The van der Waals surface area contributed by atoms with Crippen molar-refractivity contribution < 1.29 is 27.5 Å². The summed E-state index contributed by atoms with van der Waals surface area (Å²) in [7, 11) is -2.51. The molecule has 10 heteroatoms. The highest BCUT2D eigenvalue weighted by Gasteiger charge is 2.27. The van der Waals surface area contributed by atoms with E-state index in [0.29, 0.717) is 16.3 Å². The first kappa shape index (κ1) is 25.7. The molecule has 1 aliphatic carbocycles. The van der Waals surface area contributed by atoms with Gasteiger partial charge in [0.25, 0.3) is 0 Å². The Hall–Kier alpha value is -3.37. The van der Waals surface area contributed by atoms with Crippen LogP contribution in [0.25, 0.3) is 0 Å². The summed E-state index contributed by atoms with van der Waals surface area (Å²) >= 11 is 1.41. The van der Waals surface area contributed by atoms with Crippen molar-refractivity contribution in [3.05, 3.63) is 64.5 Å². The van der Waals surface area contributed by atoms with E-state index in [2.05, 4.69) is 10.6 Å². The number of rotatable bonds is 9. The highest BCUT2D eigenvalue weighted by molar-refractivity contribution is 7.91. The first-order valence-corrected chi connectivity index (χ1v) is 14.0. The molecular weight excluding hydrogens is 500 g/mol. The summed E-state index contributed by atoms with van der Waals surface area (Å²) in [5.74, 6) is -0.689. The van der Waals surface area contributed by atoms with Crippen LogP contribution in [0.4, 0.5) is 10.7 Å². The molecule has 0 saturated heterocycles. The lowest BCUT2D eigenvalue weighted by Gasteiger charge is -2.16. The van der Waals surface area contributed by atoms with E-state index in [1.807, 2.05) is 0 Å². The minimum atomic E-state index is -3.84. The van der Waals surface area contributed by atoms with Crippen molar-refractivity contribution >= 4 is 43.7 Å². The molecule has 0 radical (unpaired) electrons. The fourth-order valence-corrected chi connectivity index (χ4v) is 6.94. The summed E-state index contributed by atoms with van der Waals surface area (Å²) in [5.41, 5.74) is 1.76. The molecule has 4 rings (SSSR count). The van der Waals surface area contributed by atoms with Gasteiger partial charge in [0.1, 0.15) is 9.90 Å². The average molecular weight is 529 g/mol. The second-order valence-corrected chi connectivity index (χ2v) is 11.2. The second-order valence-electron chi connectivity index (χ2n) is 8.19. The number of nitrogens with one attached hydrogen (secondary N) is 2. The molecule has 0 spiro atoms. The molecule has 1 heterocycles. The largest absolute Gasteiger partial charge is 0.490 e. The Labute approximate surface area is 214 Å². The summed E-state index contributed by atoms with van der Waals surface area (Å²) in [5, 5.41) is 6.30. The van der Waals surface area contributed by atoms with Gasteiger partial charge in [-0.1, -0.05) is 24.3 Å². The van der Waals surface area contributed by atoms with Gasteiger partial charge in [0.2, 0.25) is 15.7 Å². The van der Waals surface area contributed by atoms with E-state index < -0.39 is 15.8 Å². The number of fused-ring (bicyclic) bond motifs is 1. The molecule has 36 heavy (non-hydrogen) atoms. The standard InChI is InChI=1S/C26H28N2O6S2/c1-3-34-24-19(13-9-15-21(24)36(31,32)17-10-5-4-6-11-17)27-16-22(29)28-25-23(26(30)33-2)18-12-7-8-14-20(18)35-25/h4-6,9-11,13,15,27H,3,7-8,12,14,16H2,1-2H3,(H,28,29). The smallest absolute Gasteiger partial charge is 0.341 e. The van der Waals surface area contributed by atoms with E-state index in [4.69, 9.17) is 9.47 Å². The topological polar surface area (TPSA) is 111 Å². The van der Waals surface area contributed by atoms with E-state index in [0.717, 1.165) is 36.1 Å². The molecule has 0 fully saturated rings. The van der Waals surface area contributed by atoms with Gasteiger partial charge in [0, 0.05) is 4.88 Å². The summed E-state index contributed by atoms with van der Waals surface area (Å²) in [4.78, 5) is 26.6. The monoisotopic (exact) mass is 528 g/mol. The van der Waals surface area contributed by atoms with Gasteiger partial charge in [0.05, 0.1) is 36.4 Å². The highest BCUT2D eigenvalue weighted by Crippen LogP contribution is 2.39. The first-order chi connectivity index (χ1) is 17.4. The zero-order valence-corrected chi connectivity index (χ0v) is 21.8. The number of carbonyl (C=O) groups is 2. The van der Waals surface area contributed by atoms with Crippen LogP contribution in [-0.4, -0.2) is 40.6 Å². The van der Waals surface area contributed by atoms with Crippen molar-refractivity contribution in [1.82, 2.24) is 0 Å². The molecule has 1 amide bonds. The van der Waals surface area contributed by atoms with Crippen LogP contribution < -0.4 is 15.4 Å². The Kier molecular flexibility index (Phi) is 7.95. The van der Waals surface area contributed by atoms with Crippen LogP contribution in [0.5, 0.6) is 5.75 Å². The molecule has 0 unspecified atom stereocenters. The van der Waals surface area contributed by atoms with Crippen LogP contribution in [0.2, 0.25) is 0 Å². The third-order valence-corrected chi connectivity index (χ3v) is 8.86. The number of methoxy groups -OCH3 is 1. The number of benzene rings is 2. The molecule has 1 aromatic heterocycles. The van der Waals surface area contributed by atoms with Crippen molar-refractivity contribution in [2.24, 2.45) is 0 Å². The number of anilines is 2. The van der Waals surface area contributed by atoms with Crippen molar-refractivity contribution in [3.63, 3.8) is 0 Å². The van der Waals surface area contributed by atoms with Gasteiger partial charge in [-0.05, 0) is 62.4 Å². The zero-order chi connectivity index (χ0) is 25.7. The summed E-state index contributed by atoms with van der Waals surface area (Å²) in [6.45, 7) is 1.85. The lowest BCUT2D eigenvalue weighted by molar-refractivity contribution is -0.114. The van der Waals surface area contributed by atoms with E-state index in [1.54, 1.807) is 37.3 Å². The van der Waals surface area contributed by atoms with E-state index in [1.165, 1.54) is 36.6 Å².